The molecule has 0 saturated heterocycles. The van der Waals surface area contributed by atoms with Crippen molar-refractivity contribution in [2.45, 2.75) is 13.3 Å². The fourth-order valence-electron chi connectivity index (χ4n) is 1.21. The highest BCUT2D eigenvalue weighted by Crippen LogP contribution is 2.28. The summed E-state index contributed by atoms with van der Waals surface area (Å²) in [6.45, 7) is 1.65. The number of hydrogen-bond donors (Lipinski definition) is 0. The molecule has 0 saturated carbocycles. The van der Waals surface area contributed by atoms with Gasteiger partial charge in [0.1, 0.15) is 5.75 Å². The van der Waals surface area contributed by atoms with Gasteiger partial charge in [-0.1, -0.05) is 17.7 Å². The van der Waals surface area contributed by atoms with Crippen molar-refractivity contribution in [3.8, 4) is 5.75 Å². The molecular formula is C11H8ClF3O2. The van der Waals surface area contributed by atoms with Crippen molar-refractivity contribution >= 4 is 22.9 Å². The maximum absolute atomic E-state index is 12.0. The van der Waals surface area contributed by atoms with Crippen molar-refractivity contribution in [3.05, 3.63) is 35.4 Å². The molecule has 2 nitrogen and oxygen atoms in total. The smallest absolute Gasteiger partial charge is 0.406 e. The Morgan fingerprint density at radius 3 is 2.53 bits per heavy atom. The zero-order valence-corrected chi connectivity index (χ0v) is 9.47. The van der Waals surface area contributed by atoms with Crippen LogP contribution in [0.4, 0.5) is 13.2 Å². The molecule has 0 heterocycles. The van der Waals surface area contributed by atoms with Crippen LogP contribution in [0.1, 0.15) is 22.8 Å². The Morgan fingerprint density at radius 2 is 2.06 bits per heavy atom. The van der Waals surface area contributed by atoms with Crippen molar-refractivity contribution < 1.29 is 22.7 Å². The summed E-state index contributed by atoms with van der Waals surface area (Å²) in [4.78, 5) is 10.7. The number of hydrogen-bond acceptors (Lipinski definition) is 2. The maximum Gasteiger partial charge on any atom is 0.573 e. The van der Waals surface area contributed by atoms with Gasteiger partial charge in [-0.25, -0.2) is 0 Å². The van der Waals surface area contributed by atoms with Crippen molar-refractivity contribution in [2.75, 3.05) is 0 Å². The van der Waals surface area contributed by atoms with Gasteiger partial charge < -0.3 is 4.74 Å². The van der Waals surface area contributed by atoms with Gasteiger partial charge in [-0.05, 0) is 25.1 Å². The summed E-state index contributed by atoms with van der Waals surface area (Å²) in [6.07, 6.45) is -2.83. The maximum atomic E-state index is 12.0. The van der Waals surface area contributed by atoms with E-state index < -0.39 is 12.1 Å². The van der Waals surface area contributed by atoms with Crippen LogP contribution in [-0.4, -0.2) is 12.6 Å². The van der Waals surface area contributed by atoms with Gasteiger partial charge in [0.05, 0.1) is 0 Å². The lowest BCUT2D eigenvalue weighted by Crippen LogP contribution is -2.17. The molecule has 0 fully saturated rings. The molecule has 1 rings (SSSR count). The van der Waals surface area contributed by atoms with Crippen molar-refractivity contribution in [1.82, 2.24) is 0 Å². The van der Waals surface area contributed by atoms with Crippen molar-refractivity contribution in [1.29, 1.82) is 0 Å². The number of carbonyl (C=O) groups excluding carboxylic acids is 1. The predicted octanol–water partition coefficient (Wildman–Crippen LogP) is 4.00. The Balaban J connectivity index is 3.13. The second-order valence-electron chi connectivity index (χ2n) is 3.05. The zero-order valence-electron chi connectivity index (χ0n) is 8.72. The summed E-state index contributed by atoms with van der Waals surface area (Å²) in [6, 6.07) is 3.39. The van der Waals surface area contributed by atoms with Gasteiger partial charge in [-0.3, -0.25) is 4.79 Å². The minimum Gasteiger partial charge on any atom is -0.406 e. The first-order chi connectivity index (χ1) is 7.87. The third-order valence-electron chi connectivity index (χ3n) is 1.89. The van der Waals surface area contributed by atoms with E-state index in [4.69, 9.17) is 11.6 Å². The van der Waals surface area contributed by atoms with Crippen molar-refractivity contribution in [2.24, 2.45) is 0 Å². The Hall–Kier alpha value is -1.49. The molecule has 0 atom stereocenters. The molecule has 0 aromatic heterocycles. The minimum atomic E-state index is -4.79. The van der Waals surface area contributed by atoms with E-state index in [1.165, 1.54) is 12.1 Å². The highest BCUT2D eigenvalue weighted by atomic mass is 35.5. The van der Waals surface area contributed by atoms with E-state index in [0.29, 0.717) is 11.8 Å². The zero-order chi connectivity index (χ0) is 13.1. The van der Waals surface area contributed by atoms with E-state index in [2.05, 4.69) is 4.74 Å². The summed E-state index contributed by atoms with van der Waals surface area (Å²) >= 11 is 5.80. The lowest BCUT2D eigenvalue weighted by molar-refractivity contribution is -0.274. The molecule has 6 heteroatoms. The number of allylic oxidation sites excluding steroid dienone is 1. The quantitative estimate of drug-likeness (QED) is 0.772. The van der Waals surface area contributed by atoms with Crippen LogP contribution in [0.25, 0.3) is 5.03 Å². The van der Waals surface area contributed by atoms with Gasteiger partial charge in [-0.2, -0.15) is 0 Å². The molecule has 0 amide bonds. The predicted molar refractivity (Wildman–Crippen MR) is 58.0 cm³/mol. The number of rotatable bonds is 3. The fraction of sp³-hybridized carbons (Fsp3) is 0.182. The number of alkyl halides is 3. The van der Waals surface area contributed by atoms with E-state index in [-0.39, 0.29) is 10.6 Å². The Kier molecular flexibility index (Phi) is 4.17. The van der Waals surface area contributed by atoms with Crippen LogP contribution >= 0.6 is 11.6 Å². The third-order valence-corrected chi connectivity index (χ3v) is 2.32. The highest BCUT2D eigenvalue weighted by Gasteiger charge is 2.31. The number of ether oxygens (including phenoxy) is 1. The van der Waals surface area contributed by atoms with Crippen LogP contribution in [0.2, 0.25) is 0 Å². The molecule has 0 spiro atoms. The molecule has 0 aliphatic rings. The van der Waals surface area contributed by atoms with E-state index in [9.17, 15) is 18.0 Å². The summed E-state index contributed by atoms with van der Waals surface area (Å²) < 4.78 is 39.6. The number of aldehydes is 1. The molecular weight excluding hydrogens is 257 g/mol. The van der Waals surface area contributed by atoms with Crippen LogP contribution in [0.3, 0.4) is 0 Å². The van der Waals surface area contributed by atoms with Gasteiger partial charge in [0.2, 0.25) is 0 Å². The lowest BCUT2D eigenvalue weighted by Gasteiger charge is -2.10. The first kappa shape index (κ1) is 13.6. The Bertz CT molecular complexity index is 453. The fourth-order valence-corrected chi connectivity index (χ4v) is 1.38. The molecule has 0 aliphatic heterocycles. The minimum absolute atomic E-state index is 0.0369. The molecule has 1 aromatic rings. The number of benzene rings is 1. The Morgan fingerprint density at radius 1 is 1.41 bits per heavy atom. The molecule has 0 aliphatic carbocycles. The number of halogens is 4. The van der Waals surface area contributed by atoms with Gasteiger partial charge in [0.15, 0.2) is 6.29 Å². The van der Waals surface area contributed by atoms with E-state index in [0.717, 1.165) is 12.1 Å². The first-order valence-corrected chi connectivity index (χ1v) is 4.92. The second-order valence-corrected chi connectivity index (χ2v) is 3.46. The molecule has 0 bridgehead atoms. The second kappa shape index (κ2) is 5.23. The van der Waals surface area contributed by atoms with Gasteiger partial charge in [0.25, 0.3) is 0 Å². The topological polar surface area (TPSA) is 26.3 Å². The van der Waals surface area contributed by atoms with Crippen LogP contribution in [0.5, 0.6) is 5.75 Å². The Labute approximate surface area is 101 Å². The normalized spacial score (nSPS) is 12.4. The van der Waals surface area contributed by atoms with E-state index in [1.807, 2.05) is 0 Å². The third kappa shape index (κ3) is 3.78. The molecule has 0 unspecified atom stereocenters. The van der Waals surface area contributed by atoms with Gasteiger partial charge in [-0.15, -0.1) is 13.2 Å². The van der Waals surface area contributed by atoms with E-state index >= 15 is 0 Å². The van der Waals surface area contributed by atoms with Gasteiger partial charge >= 0.3 is 6.36 Å². The first-order valence-electron chi connectivity index (χ1n) is 4.54. The SMILES string of the molecule is C/C=C(\Cl)c1ccc(OC(F)(F)F)cc1C=O. The average Bonchev–Trinajstić information content (AvgIpc) is 2.25. The van der Waals surface area contributed by atoms with Crippen LogP contribution in [-0.2, 0) is 0 Å². The lowest BCUT2D eigenvalue weighted by atomic mass is 10.1. The molecule has 0 N–H and O–H groups in total. The largest absolute Gasteiger partial charge is 0.573 e. The summed E-state index contributed by atoms with van der Waals surface area (Å²) in [5.74, 6) is -0.455. The molecule has 92 valence electrons. The van der Waals surface area contributed by atoms with Crippen LogP contribution in [0, 0.1) is 0 Å². The molecule has 1 aromatic carbocycles. The van der Waals surface area contributed by atoms with Gasteiger partial charge in [0, 0.05) is 16.2 Å². The van der Waals surface area contributed by atoms with Crippen LogP contribution in [0.15, 0.2) is 24.3 Å². The standard InChI is InChI=1S/C11H8ClF3O2/c1-2-10(12)9-4-3-8(5-7(9)6-16)17-11(13,14)15/h2-6H,1H3/b10-2-. The summed E-state index contributed by atoms with van der Waals surface area (Å²) in [7, 11) is 0. The monoisotopic (exact) mass is 264 g/mol. The van der Waals surface area contributed by atoms with E-state index in [1.54, 1.807) is 6.92 Å². The summed E-state index contributed by atoms with van der Waals surface area (Å²) in [5, 5.41) is 0.283. The average molecular weight is 265 g/mol. The van der Waals surface area contributed by atoms with Crippen LogP contribution < -0.4 is 4.74 Å². The highest BCUT2D eigenvalue weighted by molar-refractivity contribution is 6.49. The summed E-state index contributed by atoms with van der Waals surface area (Å²) in [5.41, 5.74) is 0.397. The molecule has 0 radical (unpaired) electrons. The molecule has 17 heavy (non-hydrogen) atoms. The van der Waals surface area contributed by atoms with Crippen molar-refractivity contribution in [3.63, 3.8) is 0 Å². The number of carbonyl (C=O) groups is 1.